The van der Waals surface area contributed by atoms with E-state index in [2.05, 4.69) is 19.0 Å². The van der Waals surface area contributed by atoms with Crippen molar-refractivity contribution in [3.8, 4) is 0 Å². The lowest BCUT2D eigenvalue weighted by Crippen LogP contribution is -2.37. The normalized spacial score (nSPS) is 23.0. The lowest BCUT2D eigenvalue weighted by Gasteiger charge is -2.34. The highest BCUT2D eigenvalue weighted by atomic mass is 16.7. The first-order valence-electron chi connectivity index (χ1n) is 5.47. The highest BCUT2D eigenvalue weighted by molar-refractivity contribution is 5.87. The maximum atomic E-state index is 5.44. The second-order valence-electron chi connectivity index (χ2n) is 4.04. The fourth-order valence-electron chi connectivity index (χ4n) is 1.70. The smallest absolute Gasteiger partial charge is 0.143 e. The molecule has 0 atom stereocenters. The summed E-state index contributed by atoms with van der Waals surface area (Å²) in [5.41, 5.74) is 1.42. The molecule has 0 radical (unpaired) electrons. The first-order valence-corrected chi connectivity index (χ1v) is 5.47. The maximum absolute atomic E-state index is 5.44. The summed E-state index contributed by atoms with van der Waals surface area (Å²) in [6.45, 7) is 8.36. The number of oxime groups is 1. The zero-order valence-corrected chi connectivity index (χ0v) is 9.26. The van der Waals surface area contributed by atoms with E-state index in [9.17, 15) is 0 Å². The topological polar surface area (TPSA) is 21.6 Å². The molecule has 0 amide bonds. The maximum Gasteiger partial charge on any atom is 0.143 e. The molecule has 0 aromatic carbocycles. The molecular formula is C11H21NO. The van der Waals surface area contributed by atoms with Gasteiger partial charge in [-0.25, -0.2) is 0 Å². The highest BCUT2D eigenvalue weighted by Gasteiger charge is 2.44. The van der Waals surface area contributed by atoms with Gasteiger partial charge in [-0.15, -0.1) is 0 Å². The van der Waals surface area contributed by atoms with E-state index in [-0.39, 0.29) is 5.60 Å². The van der Waals surface area contributed by atoms with Crippen LogP contribution in [0.2, 0.25) is 0 Å². The molecule has 2 nitrogen and oxygen atoms in total. The van der Waals surface area contributed by atoms with Gasteiger partial charge in [0.2, 0.25) is 0 Å². The average Bonchev–Trinajstić information content (AvgIpc) is 2.51. The van der Waals surface area contributed by atoms with Gasteiger partial charge in [0.1, 0.15) is 5.60 Å². The third kappa shape index (κ3) is 2.04. The van der Waals surface area contributed by atoms with E-state index in [1.54, 1.807) is 0 Å². The molecule has 1 aliphatic carbocycles. The van der Waals surface area contributed by atoms with Gasteiger partial charge < -0.3 is 4.84 Å². The van der Waals surface area contributed by atoms with Crippen molar-refractivity contribution < 1.29 is 4.84 Å². The minimum absolute atomic E-state index is 0.166. The van der Waals surface area contributed by atoms with Crippen molar-refractivity contribution in [3.05, 3.63) is 0 Å². The number of hydrogen-bond donors (Lipinski definition) is 0. The molecule has 2 aliphatic rings. The average molecular weight is 183 g/mol. The Morgan fingerprint density at radius 1 is 1.31 bits per heavy atom. The summed E-state index contributed by atoms with van der Waals surface area (Å²) in [5.74, 6) is 0.565. The highest BCUT2D eigenvalue weighted by Crippen LogP contribution is 2.43. The Balaban J connectivity index is 0.000000396. The SMILES string of the molecule is CC.CC(C)C1=NOC2(CCC2)C1. The van der Waals surface area contributed by atoms with Crippen molar-refractivity contribution in [3.63, 3.8) is 0 Å². The Labute approximate surface area is 81.3 Å². The molecular weight excluding hydrogens is 162 g/mol. The molecule has 1 aliphatic heterocycles. The fraction of sp³-hybridized carbons (Fsp3) is 0.909. The van der Waals surface area contributed by atoms with E-state index in [1.165, 1.54) is 25.0 Å². The van der Waals surface area contributed by atoms with Crippen LogP contribution in [0.3, 0.4) is 0 Å². The number of rotatable bonds is 1. The van der Waals surface area contributed by atoms with Crippen LogP contribution in [0.25, 0.3) is 0 Å². The van der Waals surface area contributed by atoms with E-state index >= 15 is 0 Å². The molecule has 0 N–H and O–H groups in total. The molecule has 1 heterocycles. The van der Waals surface area contributed by atoms with Crippen LogP contribution in [0.5, 0.6) is 0 Å². The molecule has 13 heavy (non-hydrogen) atoms. The van der Waals surface area contributed by atoms with Crippen LogP contribution in [0.4, 0.5) is 0 Å². The second-order valence-corrected chi connectivity index (χ2v) is 4.04. The molecule has 0 unspecified atom stereocenters. The molecule has 0 aromatic heterocycles. The molecule has 2 rings (SSSR count). The first-order chi connectivity index (χ1) is 6.22. The van der Waals surface area contributed by atoms with Gasteiger partial charge in [-0.1, -0.05) is 32.9 Å². The van der Waals surface area contributed by atoms with Crippen LogP contribution < -0.4 is 0 Å². The Morgan fingerprint density at radius 2 is 1.92 bits per heavy atom. The van der Waals surface area contributed by atoms with Gasteiger partial charge in [0, 0.05) is 6.42 Å². The van der Waals surface area contributed by atoms with Gasteiger partial charge in [0.25, 0.3) is 0 Å². The number of nitrogens with zero attached hydrogens (tertiary/aromatic N) is 1. The molecule has 1 fully saturated rings. The van der Waals surface area contributed by atoms with Gasteiger partial charge in [-0.2, -0.15) is 0 Å². The Morgan fingerprint density at radius 3 is 2.15 bits per heavy atom. The molecule has 0 saturated heterocycles. The minimum atomic E-state index is 0.166. The second kappa shape index (κ2) is 4.12. The largest absolute Gasteiger partial charge is 0.389 e. The fourth-order valence-corrected chi connectivity index (χ4v) is 1.70. The summed E-state index contributed by atoms with van der Waals surface area (Å²) in [6, 6.07) is 0. The van der Waals surface area contributed by atoms with Crippen molar-refractivity contribution in [1.82, 2.24) is 0 Å². The van der Waals surface area contributed by atoms with Crippen molar-refractivity contribution in [1.29, 1.82) is 0 Å². The van der Waals surface area contributed by atoms with E-state index in [0.29, 0.717) is 5.92 Å². The van der Waals surface area contributed by atoms with E-state index in [4.69, 9.17) is 4.84 Å². The van der Waals surface area contributed by atoms with Crippen molar-refractivity contribution >= 4 is 5.71 Å². The summed E-state index contributed by atoms with van der Waals surface area (Å²) in [4.78, 5) is 5.44. The van der Waals surface area contributed by atoms with Crippen LogP contribution in [-0.4, -0.2) is 11.3 Å². The van der Waals surface area contributed by atoms with Crippen molar-refractivity contribution in [2.24, 2.45) is 11.1 Å². The lowest BCUT2D eigenvalue weighted by atomic mass is 9.76. The summed E-state index contributed by atoms with van der Waals surface area (Å²) >= 11 is 0. The van der Waals surface area contributed by atoms with Crippen LogP contribution in [0, 0.1) is 5.92 Å². The minimum Gasteiger partial charge on any atom is -0.389 e. The molecule has 1 spiro atoms. The van der Waals surface area contributed by atoms with Crippen LogP contribution >= 0.6 is 0 Å². The quantitative estimate of drug-likeness (QED) is 0.610. The van der Waals surface area contributed by atoms with E-state index in [1.807, 2.05) is 13.8 Å². The first kappa shape index (κ1) is 10.6. The van der Waals surface area contributed by atoms with Crippen LogP contribution in [-0.2, 0) is 4.84 Å². The molecule has 0 bridgehead atoms. The van der Waals surface area contributed by atoms with E-state index < -0.39 is 0 Å². The summed E-state index contributed by atoms with van der Waals surface area (Å²) in [6.07, 6.45) is 4.84. The summed E-state index contributed by atoms with van der Waals surface area (Å²) < 4.78 is 0. The zero-order chi connectivity index (χ0) is 9.90. The van der Waals surface area contributed by atoms with Crippen LogP contribution in [0.1, 0.15) is 53.4 Å². The zero-order valence-electron chi connectivity index (χ0n) is 9.26. The predicted octanol–water partition coefficient (Wildman–Crippen LogP) is 3.37. The van der Waals surface area contributed by atoms with Gasteiger partial charge >= 0.3 is 0 Å². The standard InChI is InChI=1S/C9H15NO.C2H6/c1-7(2)8-6-9(11-10-8)4-3-5-9;1-2/h7H,3-6H2,1-2H3;1-2H3. The van der Waals surface area contributed by atoms with Gasteiger partial charge in [-0.05, 0) is 25.2 Å². The van der Waals surface area contributed by atoms with E-state index in [0.717, 1.165) is 6.42 Å². The molecule has 76 valence electrons. The van der Waals surface area contributed by atoms with Gasteiger partial charge in [0.05, 0.1) is 5.71 Å². The third-order valence-electron chi connectivity index (χ3n) is 2.79. The molecule has 0 aromatic rings. The molecule has 1 saturated carbocycles. The summed E-state index contributed by atoms with van der Waals surface area (Å²) in [7, 11) is 0. The third-order valence-corrected chi connectivity index (χ3v) is 2.79. The Kier molecular flexibility index (Phi) is 3.34. The molecule has 2 heteroatoms. The Hall–Kier alpha value is -0.530. The van der Waals surface area contributed by atoms with Crippen LogP contribution in [0.15, 0.2) is 5.16 Å². The summed E-state index contributed by atoms with van der Waals surface area (Å²) in [5, 5.41) is 4.13. The van der Waals surface area contributed by atoms with Gasteiger partial charge in [-0.3, -0.25) is 0 Å². The van der Waals surface area contributed by atoms with Crippen molar-refractivity contribution in [2.45, 2.75) is 59.0 Å². The number of hydrogen-bond acceptors (Lipinski definition) is 2. The predicted molar refractivity (Wildman–Crippen MR) is 55.9 cm³/mol. The monoisotopic (exact) mass is 183 g/mol. The van der Waals surface area contributed by atoms with Gasteiger partial charge in [0.15, 0.2) is 0 Å². The van der Waals surface area contributed by atoms with Crippen molar-refractivity contribution in [2.75, 3.05) is 0 Å². The Bertz CT molecular complexity index is 192. The lowest BCUT2D eigenvalue weighted by molar-refractivity contribution is -0.0755.